The molecule has 1 atom stereocenters. The molecule has 6 heteroatoms. The fourth-order valence-corrected chi connectivity index (χ4v) is 3.49. The molecule has 27 heavy (non-hydrogen) atoms. The third kappa shape index (κ3) is 3.95. The Morgan fingerprint density at radius 3 is 2.67 bits per heavy atom. The van der Waals surface area contributed by atoms with E-state index in [1.54, 1.807) is 14.2 Å². The number of nitrogens with zero attached hydrogens (tertiary/aromatic N) is 3. The van der Waals surface area contributed by atoms with E-state index in [-0.39, 0.29) is 5.92 Å². The van der Waals surface area contributed by atoms with E-state index in [1.807, 2.05) is 36.4 Å². The third-order valence-corrected chi connectivity index (χ3v) is 4.93. The fourth-order valence-electron chi connectivity index (χ4n) is 3.49. The minimum Gasteiger partial charge on any atom is -0.497 e. The molecule has 6 nitrogen and oxygen atoms in total. The van der Waals surface area contributed by atoms with Gasteiger partial charge in [0.05, 0.1) is 20.1 Å². The van der Waals surface area contributed by atoms with Crippen molar-refractivity contribution in [1.29, 1.82) is 0 Å². The quantitative estimate of drug-likeness (QED) is 0.663. The van der Waals surface area contributed by atoms with Gasteiger partial charge in [-0.15, -0.1) is 0 Å². The molecule has 0 aliphatic carbocycles. The summed E-state index contributed by atoms with van der Waals surface area (Å²) in [6, 6.07) is 15.9. The standard InChI is InChI=1S/C21H23N3O3/c1-25-18-7-3-5-15(11-18)13-24-10-9-17(14-24)21-22-20(23-27-21)16-6-4-8-19(12-16)26-2/h3-8,11-12,17H,9-10,13-14H2,1-2H3/t17-/m0/s1. The van der Waals surface area contributed by atoms with Crippen molar-refractivity contribution in [3.05, 3.63) is 60.0 Å². The lowest BCUT2D eigenvalue weighted by molar-refractivity contribution is 0.308. The summed E-state index contributed by atoms with van der Waals surface area (Å²) in [5.41, 5.74) is 2.15. The van der Waals surface area contributed by atoms with E-state index in [2.05, 4.69) is 27.2 Å². The Bertz CT molecular complexity index is 909. The minimum atomic E-state index is 0.266. The molecule has 1 fully saturated rings. The highest BCUT2D eigenvalue weighted by molar-refractivity contribution is 5.56. The molecule has 2 aromatic carbocycles. The number of hydrogen-bond acceptors (Lipinski definition) is 6. The van der Waals surface area contributed by atoms with E-state index < -0.39 is 0 Å². The van der Waals surface area contributed by atoms with E-state index in [4.69, 9.17) is 14.0 Å². The van der Waals surface area contributed by atoms with Gasteiger partial charge < -0.3 is 14.0 Å². The predicted molar refractivity (Wildman–Crippen MR) is 102 cm³/mol. The smallest absolute Gasteiger partial charge is 0.231 e. The fraction of sp³-hybridized carbons (Fsp3) is 0.333. The first-order valence-electron chi connectivity index (χ1n) is 9.08. The molecule has 1 saturated heterocycles. The van der Waals surface area contributed by atoms with Gasteiger partial charge in [0.1, 0.15) is 11.5 Å². The summed E-state index contributed by atoms with van der Waals surface area (Å²) in [5.74, 6) is 3.26. The summed E-state index contributed by atoms with van der Waals surface area (Å²) < 4.78 is 16.1. The van der Waals surface area contributed by atoms with E-state index >= 15 is 0 Å². The molecule has 1 aliphatic heterocycles. The van der Waals surface area contributed by atoms with E-state index in [9.17, 15) is 0 Å². The number of ether oxygens (including phenoxy) is 2. The molecule has 0 N–H and O–H groups in total. The van der Waals surface area contributed by atoms with Crippen molar-refractivity contribution in [1.82, 2.24) is 15.0 Å². The summed E-state index contributed by atoms with van der Waals surface area (Å²) in [6.45, 7) is 2.82. The molecule has 0 unspecified atom stereocenters. The average Bonchev–Trinajstić information content (AvgIpc) is 3.38. The second-order valence-electron chi connectivity index (χ2n) is 6.76. The van der Waals surface area contributed by atoms with Crippen LogP contribution < -0.4 is 9.47 Å². The predicted octanol–water partition coefficient (Wildman–Crippen LogP) is 3.74. The molecule has 1 aromatic heterocycles. The van der Waals surface area contributed by atoms with Crippen LogP contribution in [0.1, 0.15) is 23.8 Å². The Morgan fingerprint density at radius 1 is 1.07 bits per heavy atom. The van der Waals surface area contributed by atoms with Gasteiger partial charge in [0.25, 0.3) is 0 Å². The summed E-state index contributed by atoms with van der Waals surface area (Å²) >= 11 is 0. The number of methoxy groups -OCH3 is 2. The number of aromatic nitrogens is 2. The first-order chi connectivity index (χ1) is 13.2. The van der Waals surface area contributed by atoms with Crippen molar-refractivity contribution in [2.24, 2.45) is 0 Å². The van der Waals surface area contributed by atoms with Crippen LogP contribution in [-0.2, 0) is 6.54 Å². The zero-order valence-corrected chi connectivity index (χ0v) is 15.6. The van der Waals surface area contributed by atoms with Crippen molar-refractivity contribution in [2.45, 2.75) is 18.9 Å². The highest BCUT2D eigenvalue weighted by Gasteiger charge is 2.28. The number of hydrogen-bond donors (Lipinski definition) is 0. The SMILES string of the molecule is COc1cccc(CN2CC[C@H](c3nc(-c4cccc(OC)c4)no3)C2)c1. The highest BCUT2D eigenvalue weighted by atomic mass is 16.5. The van der Waals surface area contributed by atoms with Gasteiger partial charge in [0, 0.05) is 18.7 Å². The highest BCUT2D eigenvalue weighted by Crippen LogP contribution is 2.29. The summed E-state index contributed by atoms with van der Waals surface area (Å²) in [7, 11) is 3.34. The molecular weight excluding hydrogens is 342 g/mol. The molecule has 1 aliphatic rings. The number of rotatable bonds is 6. The molecule has 3 aromatic rings. The van der Waals surface area contributed by atoms with Crippen LogP contribution in [-0.4, -0.2) is 42.3 Å². The zero-order chi connectivity index (χ0) is 18.6. The van der Waals surface area contributed by atoms with Crippen LogP contribution in [0.25, 0.3) is 11.4 Å². The molecule has 0 amide bonds. The lowest BCUT2D eigenvalue weighted by Crippen LogP contribution is -2.19. The van der Waals surface area contributed by atoms with Gasteiger partial charge in [-0.3, -0.25) is 4.90 Å². The van der Waals surface area contributed by atoms with Gasteiger partial charge in [-0.2, -0.15) is 4.98 Å². The molecule has 0 bridgehead atoms. The largest absolute Gasteiger partial charge is 0.497 e. The molecule has 2 heterocycles. The molecule has 0 radical (unpaired) electrons. The van der Waals surface area contributed by atoms with Crippen LogP contribution in [0.3, 0.4) is 0 Å². The van der Waals surface area contributed by atoms with Gasteiger partial charge in [0.15, 0.2) is 0 Å². The maximum Gasteiger partial charge on any atom is 0.231 e. The van der Waals surface area contributed by atoms with E-state index in [0.29, 0.717) is 11.7 Å². The topological polar surface area (TPSA) is 60.6 Å². The van der Waals surface area contributed by atoms with Crippen molar-refractivity contribution in [3.63, 3.8) is 0 Å². The second kappa shape index (κ2) is 7.80. The Labute approximate surface area is 158 Å². The zero-order valence-electron chi connectivity index (χ0n) is 15.6. The van der Waals surface area contributed by atoms with Crippen molar-refractivity contribution < 1.29 is 14.0 Å². The maximum absolute atomic E-state index is 5.56. The Morgan fingerprint density at radius 2 is 1.85 bits per heavy atom. The summed E-state index contributed by atoms with van der Waals surface area (Å²) in [5, 5.41) is 4.16. The average molecular weight is 365 g/mol. The van der Waals surface area contributed by atoms with Gasteiger partial charge in [0.2, 0.25) is 11.7 Å². The minimum absolute atomic E-state index is 0.266. The summed E-state index contributed by atoms with van der Waals surface area (Å²) in [4.78, 5) is 7.04. The Hall–Kier alpha value is -2.86. The maximum atomic E-state index is 5.56. The van der Waals surface area contributed by atoms with Gasteiger partial charge in [-0.05, 0) is 42.8 Å². The first-order valence-corrected chi connectivity index (χ1v) is 9.08. The van der Waals surface area contributed by atoms with Crippen LogP contribution in [0.5, 0.6) is 11.5 Å². The van der Waals surface area contributed by atoms with Gasteiger partial charge in [-0.25, -0.2) is 0 Å². The van der Waals surface area contributed by atoms with Crippen LogP contribution in [0.2, 0.25) is 0 Å². The number of benzene rings is 2. The van der Waals surface area contributed by atoms with E-state index in [1.165, 1.54) is 5.56 Å². The van der Waals surface area contributed by atoms with Crippen LogP contribution in [0.15, 0.2) is 53.1 Å². The lowest BCUT2D eigenvalue weighted by atomic mass is 10.1. The molecular formula is C21H23N3O3. The van der Waals surface area contributed by atoms with Gasteiger partial charge in [-0.1, -0.05) is 29.4 Å². The van der Waals surface area contributed by atoms with Crippen molar-refractivity contribution >= 4 is 0 Å². The normalized spacial score (nSPS) is 17.2. The Balaban J connectivity index is 1.42. The molecule has 140 valence electrons. The van der Waals surface area contributed by atoms with Crippen molar-refractivity contribution in [2.75, 3.05) is 27.3 Å². The van der Waals surface area contributed by atoms with Crippen molar-refractivity contribution in [3.8, 4) is 22.9 Å². The van der Waals surface area contributed by atoms with E-state index in [0.717, 1.165) is 43.1 Å². The molecule has 0 spiro atoms. The molecule has 0 saturated carbocycles. The third-order valence-electron chi connectivity index (χ3n) is 4.93. The molecule has 4 rings (SSSR count). The summed E-state index contributed by atoms with van der Waals surface area (Å²) in [6.07, 6.45) is 1.02. The first kappa shape index (κ1) is 17.5. The second-order valence-corrected chi connectivity index (χ2v) is 6.76. The number of likely N-dealkylation sites (tertiary alicyclic amines) is 1. The monoisotopic (exact) mass is 365 g/mol. The van der Waals surface area contributed by atoms with Gasteiger partial charge >= 0.3 is 0 Å². The lowest BCUT2D eigenvalue weighted by Gasteiger charge is -2.15. The van der Waals surface area contributed by atoms with Crippen LogP contribution in [0.4, 0.5) is 0 Å². The Kier molecular flexibility index (Phi) is 5.07. The van der Waals surface area contributed by atoms with Crippen LogP contribution in [0, 0.1) is 0 Å². The van der Waals surface area contributed by atoms with Crippen LogP contribution >= 0.6 is 0 Å².